The van der Waals surface area contributed by atoms with Crippen molar-refractivity contribution in [3.8, 4) is 0 Å². The number of rotatable bonds is 5. The standard InChI is InChI=1S/C17H21N5O2/c1-17(2,16-18-14(24-20-16)11-21(3)4)19-15(23)12-9-13-7-5-6-8-22(13)10-12/h5-10H,11H2,1-4H3,(H,19,23). The molecule has 1 N–H and O–H groups in total. The minimum atomic E-state index is -0.737. The molecule has 0 saturated carbocycles. The van der Waals surface area contributed by atoms with Gasteiger partial charge in [0.15, 0.2) is 5.82 Å². The van der Waals surface area contributed by atoms with Crippen molar-refractivity contribution < 1.29 is 9.32 Å². The highest BCUT2D eigenvalue weighted by Gasteiger charge is 2.29. The Hall–Kier alpha value is -2.67. The van der Waals surface area contributed by atoms with Crippen LogP contribution in [-0.2, 0) is 12.1 Å². The molecular weight excluding hydrogens is 306 g/mol. The van der Waals surface area contributed by atoms with Crippen LogP contribution in [0.3, 0.4) is 0 Å². The number of fused-ring (bicyclic) bond motifs is 1. The Balaban J connectivity index is 1.77. The summed E-state index contributed by atoms with van der Waals surface area (Å²) in [5.41, 5.74) is 0.818. The number of aromatic nitrogens is 3. The van der Waals surface area contributed by atoms with Crippen molar-refractivity contribution in [1.29, 1.82) is 0 Å². The van der Waals surface area contributed by atoms with Crippen molar-refractivity contribution in [2.45, 2.75) is 25.9 Å². The summed E-state index contributed by atoms with van der Waals surface area (Å²) in [6.07, 6.45) is 3.71. The van der Waals surface area contributed by atoms with Gasteiger partial charge >= 0.3 is 0 Å². The van der Waals surface area contributed by atoms with Crippen LogP contribution in [0.2, 0.25) is 0 Å². The lowest BCUT2D eigenvalue weighted by Gasteiger charge is -2.21. The molecule has 0 aliphatic rings. The number of nitrogens with one attached hydrogen (secondary N) is 1. The first-order valence-corrected chi connectivity index (χ1v) is 7.72. The number of hydrogen-bond donors (Lipinski definition) is 1. The van der Waals surface area contributed by atoms with Gasteiger partial charge in [0.2, 0.25) is 5.89 Å². The second-order valence-electron chi connectivity index (χ2n) is 6.59. The van der Waals surface area contributed by atoms with E-state index in [1.165, 1.54) is 0 Å². The second kappa shape index (κ2) is 6.09. The van der Waals surface area contributed by atoms with Gasteiger partial charge in [0.1, 0.15) is 0 Å². The summed E-state index contributed by atoms with van der Waals surface area (Å²) in [4.78, 5) is 18.9. The number of nitrogens with zero attached hydrogens (tertiary/aromatic N) is 4. The summed E-state index contributed by atoms with van der Waals surface area (Å²) in [6.45, 7) is 4.26. The van der Waals surface area contributed by atoms with Crippen molar-refractivity contribution >= 4 is 11.4 Å². The van der Waals surface area contributed by atoms with Crippen molar-refractivity contribution in [2.24, 2.45) is 0 Å². The third-order valence-corrected chi connectivity index (χ3v) is 3.67. The maximum Gasteiger partial charge on any atom is 0.253 e. The van der Waals surface area contributed by atoms with E-state index in [0.29, 0.717) is 23.8 Å². The molecule has 24 heavy (non-hydrogen) atoms. The molecule has 0 saturated heterocycles. The van der Waals surface area contributed by atoms with Crippen molar-refractivity contribution in [3.05, 3.63) is 53.9 Å². The van der Waals surface area contributed by atoms with Gasteiger partial charge in [0.05, 0.1) is 17.6 Å². The van der Waals surface area contributed by atoms with Crippen molar-refractivity contribution in [1.82, 2.24) is 24.8 Å². The summed E-state index contributed by atoms with van der Waals surface area (Å²) in [5.74, 6) is 0.797. The molecule has 0 aromatic carbocycles. The highest BCUT2D eigenvalue weighted by atomic mass is 16.5. The van der Waals surface area contributed by atoms with Crippen LogP contribution in [-0.4, -0.2) is 39.4 Å². The molecule has 7 heteroatoms. The Bertz CT molecular complexity index is 830. The van der Waals surface area contributed by atoms with E-state index in [9.17, 15) is 4.79 Å². The predicted octanol–water partition coefficient (Wildman–Crippen LogP) is 2.05. The van der Waals surface area contributed by atoms with Crippen LogP contribution >= 0.6 is 0 Å². The lowest BCUT2D eigenvalue weighted by molar-refractivity contribution is 0.0907. The third-order valence-electron chi connectivity index (χ3n) is 3.67. The summed E-state index contributed by atoms with van der Waals surface area (Å²) in [7, 11) is 3.85. The fourth-order valence-corrected chi connectivity index (χ4v) is 2.43. The van der Waals surface area contributed by atoms with Crippen LogP contribution in [0.1, 0.15) is 35.9 Å². The Morgan fingerprint density at radius 2 is 2.17 bits per heavy atom. The first kappa shape index (κ1) is 16.2. The SMILES string of the molecule is CN(C)Cc1nc(C(C)(C)NC(=O)c2cc3ccccn3c2)no1. The van der Waals surface area contributed by atoms with Crippen LogP contribution in [0, 0.1) is 0 Å². The Morgan fingerprint density at radius 3 is 2.88 bits per heavy atom. The maximum atomic E-state index is 12.6. The van der Waals surface area contributed by atoms with E-state index in [1.807, 2.05) is 67.7 Å². The van der Waals surface area contributed by atoms with E-state index in [-0.39, 0.29) is 5.91 Å². The van der Waals surface area contributed by atoms with E-state index in [1.54, 1.807) is 6.20 Å². The molecule has 0 fully saturated rings. The normalized spacial score (nSPS) is 12.0. The molecule has 1 amide bonds. The van der Waals surface area contributed by atoms with Gasteiger partial charge in [-0.3, -0.25) is 4.79 Å². The highest BCUT2D eigenvalue weighted by molar-refractivity contribution is 5.96. The fraction of sp³-hybridized carbons (Fsp3) is 0.353. The molecule has 0 radical (unpaired) electrons. The third kappa shape index (κ3) is 3.30. The minimum Gasteiger partial charge on any atom is -0.340 e. The number of hydrogen-bond acceptors (Lipinski definition) is 5. The molecule has 7 nitrogen and oxygen atoms in total. The van der Waals surface area contributed by atoms with Crippen LogP contribution in [0.5, 0.6) is 0 Å². The van der Waals surface area contributed by atoms with E-state index >= 15 is 0 Å². The molecule has 0 aliphatic carbocycles. The molecular formula is C17H21N5O2. The largest absolute Gasteiger partial charge is 0.340 e. The number of carbonyl (C=O) groups excluding carboxylic acids is 1. The number of carbonyl (C=O) groups is 1. The second-order valence-corrected chi connectivity index (χ2v) is 6.59. The molecule has 0 unspecified atom stereocenters. The Morgan fingerprint density at radius 1 is 1.38 bits per heavy atom. The van der Waals surface area contributed by atoms with Gasteiger partial charge in [-0.1, -0.05) is 11.2 Å². The number of pyridine rings is 1. The van der Waals surface area contributed by atoms with Crippen LogP contribution in [0.25, 0.3) is 5.52 Å². The van der Waals surface area contributed by atoms with E-state index in [4.69, 9.17) is 4.52 Å². The zero-order valence-corrected chi connectivity index (χ0v) is 14.3. The number of amides is 1. The molecule has 3 heterocycles. The molecule has 0 atom stereocenters. The summed E-state index contributed by atoms with van der Waals surface area (Å²) >= 11 is 0. The van der Waals surface area contributed by atoms with Crippen LogP contribution in [0.4, 0.5) is 0 Å². The van der Waals surface area contributed by atoms with Gasteiger partial charge in [0, 0.05) is 17.9 Å². The quantitative estimate of drug-likeness (QED) is 0.776. The monoisotopic (exact) mass is 327 g/mol. The maximum absolute atomic E-state index is 12.6. The van der Waals surface area contributed by atoms with E-state index < -0.39 is 5.54 Å². The van der Waals surface area contributed by atoms with Crippen LogP contribution in [0.15, 0.2) is 41.2 Å². The van der Waals surface area contributed by atoms with E-state index in [2.05, 4.69) is 15.5 Å². The van der Waals surface area contributed by atoms with Gasteiger partial charge in [-0.2, -0.15) is 4.98 Å². The summed E-state index contributed by atoms with van der Waals surface area (Å²) in [6, 6.07) is 7.66. The highest BCUT2D eigenvalue weighted by Crippen LogP contribution is 2.19. The zero-order valence-electron chi connectivity index (χ0n) is 14.3. The topological polar surface area (TPSA) is 75.7 Å². The first-order valence-electron chi connectivity index (χ1n) is 7.72. The molecule has 0 aliphatic heterocycles. The molecule has 126 valence electrons. The van der Waals surface area contributed by atoms with E-state index in [0.717, 1.165) is 5.52 Å². The lowest BCUT2D eigenvalue weighted by Crippen LogP contribution is -2.41. The van der Waals surface area contributed by atoms with Gasteiger partial charge in [-0.15, -0.1) is 0 Å². The minimum absolute atomic E-state index is 0.178. The molecule has 3 aromatic heterocycles. The fourth-order valence-electron chi connectivity index (χ4n) is 2.43. The first-order chi connectivity index (χ1) is 11.3. The van der Waals surface area contributed by atoms with Crippen LogP contribution < -0.4 is 5.32 Å². The lowest BCUT2D eigenvalue weighted by atomic mass is 10.0. The average molecular weight is 327 g/mol. The van der Waals surface area contributed by atoms with Gasteiger partial charge in [-0.05, 0) is 46.1 Å². The Kier molecular flexibility index (Phi) is 4.11. The molecule has 0 bridgehead atoms. The molecule has 3 aromatic rings. The predicted molar refractivity (Wildman–Crippen MR) is 89.6 cm³/mol. The summed E-state index contributed by atoms with van der Waals surface area (Å²) < 4.78 is 7.15. The van der Waals surface area contributed by atoms with Crippen molar-refractivity contribution in [2.75, 3.05) is 14.1 Å². The average Bonchev–Trinajstić information content (AvgIpc) is 3.12. The van der Waals surface area contributed by atoms with Gasteiger partial charge < -0.3 is 19.1 Å². The van der Waals surface area contributed by atoms with Crippen molar-refractivity contribution in [3.63, 3.8) is 0 Å². The summed E-state index contributed by atoms with van der Waals surface area (Å²) in [5, 5.41) is 6.96. The van der Waals surface area contributed by atoms with Gasteiger partial charge in [-0.25, -0.2) is 0 Å². The van der Waals surface area contributed by atoms with Gasteiger partial charge in [0.25, 0.3) is 5.91 Å². The smallest absolute Gasteiger partial charge is 0.253 e. The molecule has 0 spiro atoms. The zero-order chi connectivity index (χ0) is 17.3. The molecule has 3 rings (SSSR count). The Labute approximate surface area is 140 Å².